The van der Waals surface area contributed by atoms with Gasteiger partial charge in [0.15, 0.2) is 0 Å². The van der Waals surface area contributed by atoms with Crippen LogP contribution in [0.2, 0.25) is 0 Å². The van der Waals surface area contributed by atoms with Crippen molar-refractivity contribution in [3.8, 4) is 0 Å². The number of carboxylic acids is 1. The second kappa shape index (κ2) is 4.39. The molecule has 0 aliphatic rings. The van der Waals surface area contributed by atoms with Crippen LogP contribution in [-0.2, 0) is 9.59 Å². The minimum Gasteiger partial charge on any atom is -0.474 e. The van der Waals surface area contributed by atoms with E-state index in [0.29, 0.717) is 0 Å². The summed E-state index contributed by atoms with van der Waals surface area (Å²) in [5.74, 6) is -2.44. The largest absolute Gasteiger partial charge is 0.474 e. The van der Waals surface area contributed by atoms with Gasteiger partial charge in [-0.05, 0) is 0 Å². The number of carboxylic acid groups (broad SMARTS) is 1. The number of hydrogen-bond donors (Lipinski definition) is 2. The highest BCUT2D eigenvalue weighted by Crippen LogP contribution is 1.57. The second-order valence-corrected chi connectivity index (χ2v) is 0.884. The van der Waals surface area contributed by atoms with Gasteiger partial charge in [-0.3, -0.25) is 4.79 Å². The minimum absolute atomic E-state index is 0. The zero-order valence-electron chi connectivity index (χ0n) is 4.17. The van der Waals surface area contributed by atoms with Gasteiger partial charge in [0.2, 0.25) is 0 Å². The van der Waals surface area contributed by atoms with E-state index in [1.165, 1.54) is 7.05 Å². The molecule has 0 fully saturated rings. The molecule has 8 heavy (non-hydrogen) atoms. The van der Waals surface area contributed by atoms with Gasteiger partial charge in [0.05, 0.1) is 0 Å². The van der Waals surface area contributed by atoms with Gasteiger partial charge in [0.1, 0.15) is 0 Å². The Hall–Kier alpha value is -0.770. The van der Waals surface area contributed by atoms with Crippen molar-refractivity contribution in [3.05, 3.63) is 0 Å². The van der Waals surface area contributed by atoms with Crippen molar-refractivity contribution in [2.45, 2.75) is 0 Å². The maximum Gasteiger partial charge on any atom is 0.394 e. The Bertz CT molecular complexity index is 103. The van der Waals surface area contributed by atoms with Crippen LogP contribution in [0.15, 0.2) is 0 Å². The van der Waals surface area contributed by atoms with Crippen molar-refractivity contribution in [2.75, 3.05) is 7.05 Å². The van der Waals surface area contributed by atoms with Gasteiger partial charge < -0.3 is 10.4 Å². The second-order valence-electron chi connectivity index (χ2n) is 0.884. The lowest BCUT2D eigenvalue weighted by Gasteiger charge is -1.85. The van der Waals surface area contributed by atoms with Crippen LogP contribution >= 0.6 is 12.4 Å². The van der Waals surface area contributed by atoms with E-state index in [-0.39, 0.29) is 12.4 Å². The first kappa shape index (κ1) is 10.3. The quantitative estimate of drug-likeness (QED) is 0.434. The number of hydrogen-bond acceptors (Lipinski definition) is 2. The Morgan fingerprint density at radius 3 is 1.88 bits per heavy atom. The van der Waals surface area contributed by atoms with Gasteiger partial charge in [-0.25, -0.2) is 4.79 Å². The van der Waals surface area contributed by atoms with E-state index in [1.54, 1.807) is 0 Å². The summed E-state index contributed by atoms with van der Waals surface area (Å²) in [5, 5.41) is 9.70. The molecule has 0 radical (unpaired) electrons. The monoisotopic (exact) mass is 139 g/mol. The fraction of sp³-hybridized carbons (Fsp3) is 0.333. The lowest BCUT2D eigenvalue weighted by atomic mass is 10.6. The predicted octanol–water partition coefficient (Wildman–Crippen LogP) is -0.761. The summed E-state index contributed by atoms with van der Waals surface area (Å²) in [6, 6.07) is 0. The van der Waals surface area contributed by atoms with E-state index < -0.39 is 11.9 Å². The van der Waals surface area contributed by atoms with Crippen molar-refractivity contribution < 1.29 is 14.7 Å². The number of likely N-dealkylation sites (N-methyl/N-ethyl adjacent to an activating group) is 1. The molecule has 2 N–H and O–H groups in total. The Balaban J connectivity index is 0. The third-order valence-electron chi connectivity index (χ3n) is 0.421. The average Bonchev–Trinajstić information content (AvgIpc) is 1.65. The van der Waals surface area contributed by atoms with Crippen LogP contribution in [0.4, 0.5) is 0 Å². The molecule has 0 aromatic carbocycles. The molecular formula is C3H6ClNO3. The molecule has 0 rings (SSSR count). The number of amides is 1. The van der Waals surface area contributed by atoms with Gasteiger partial charge in [-0.1, -0.05) is 0 Å². The molecule has 0 saturated heterocycles. The summed E-state index contributed by atoms with van der Waals surface area (Å²) in [6.45, 7) is 0. The van der Waals surface area contributed by atoms with E-state index in [0.717, 1.165) is 0 Å². The molecule has 1 amide bonds. The third-order valence-corrected chi connectivity index (χ3v) is 0.421. The highest BCUT2D eigenvalue weighted by molar-refractivity contribution is 6.31. The molecule has 0 saturated carbocycles. The standard InChI is InChI=1S/C3H5NO3.ClH/c1-4-2(5)3(6)7;/h1H3,(H,4,5)(H,6,7);1H. The SMILES string of the molecule is CNC(=O)C(=O)O.Cl. The molecule has 0 aliphatic carbocycles. The number of nitrogens with one attached hydrogen (secondary N) is 1. The topological polar surface area (TPSA) is 66.4 Å². The van der Waals surface area contributed by atoms with Gasteiger partial charge >= 0.3 is 11.9 Å². The average molecular weight is 140 g/mol. The van der Waals surface area contributed by atoms with Gasteiger partial charge in [0, 0.05) is 7.05 Å². The lowest BCUT2D eigenvalue weighted by molar-refractivity contribution is -0.149. The zero-order valence-corrected chi connectivity index (χ0v) is 4.99. The van der Waals surface area contributed by atoms with Crippen molar-refractivity contribution >= 4 is 24.3 Å². The van der Waals surface area contributed by atoms with Crippen LogP contribution in [0.5, 0.6) is 0 Å². The van der Waals surface area contributed by atoms with Crippen LogP contribution in [-0.4, -0.2) is 24.0 Å². The highest BCUT2D eigenvalue weighted by atomic mass is 35.5. The number of rotatable bonds is 0. The normalized spacial score (nSPS) is 6.62. The van der Waals surface area contributed by atoms with E-state index in [4.69, 9.17) is 5.11 Å². The van der Waals surface area contributed by atoms with Crippen LogP contribution < -0.4 is 5.32 Å². The summed E-state index contributed by atoms with van der Waals surface area (Å²) in [7, 11) is 1.26. The smallest absolute Gasteiger partial charge is 0.394 e. The van der Waals surface area contributed by atoms with E-state index in [9.17, 15) is 9.59 Å². The van der Waals surface area contributed by atoms with E-state index in [2.05, 4.69) is 0 Å². The molecule has 0 spiro atoms. The van der Waals surface area contributed by atoms with Crippen LogP contribution in [0, 0.1) is 0 Å². The maximum atomic E-state index is 9.80. The van der Waals surface area contributed by atoms with Gasteiger partial charge in [0.25, 0.3) is 0 Å². The van der Waals surface area contributed by atoms with Crippen molar-refractivity contribution in [3.63, 3.8) is 0 Å². The van der Waals surface area contributed by atoms with E-state index >= 15 is 0 Å². The first-order valence-electron chi connectivity index (χ1n) is 1.63. The molecule has 4 nitrogen and oxygen atoms in total. The number of carbonyl (C=O) groups is 2. The molecule has 48 valence electrons. The molecule has 5 heteroatoms. The molecule has 0 unspecified atom stereocenters. The summed E-state index contributed by atoms with van der Waals surface area (Å²) < 4.78 is 0. The molecule has 0 aromatic heterocycles. The first-order valence-corrected chi connectivity index (χ1v) is 1.63. The Labute approximate surface area is 52.3 Å². The van der Waals surface area contributed by atoms with Gasteiger partial charge in [-0.2, -0.15) is 0 Å². The summed E-state index contributed by atoms with van der Waals surface area (Å²) in [6.07, 6.45) is 0. The Morgan fingerprint density at radius 1 is 1.50 bits per heavy atom. The summed E-state index contributed by atoms with van der Waals surface area (Å²) >= 11 is 0. The predicted molar refractivity (Wildman–Crippen MR) is 29.0 cm³/mol. The van der Waals surface area contributed by atoms with Gasteiger partial charge in [-0.15, -0.1) is 12.4 Å². The highest BCUT2D eigenvalue weighted by Gasteiger charge is 2.04. The number of aliphatic carboxylic acids is 1. The van der Waals surface area contributed by atoms with Crippen molar-refractivity contribution in [1.29, 1.82) is 0 Å². The van der Waals surface area contributed by atoms with Crippen LogP contribution in [0.1, 0.15) is 0 Å². The Kier molecular flexibility index (Phi) is 5.63. The molecular weight excluding hydrogens is 133 g/mol. The molecule has 0 bridgehead atoms. The number of carbonyl (C=O) groups excluding carboxylic acids is 1. The fourth-order valence-electron chi connectivity index (χ4n) is 0.107. The Morgan fingerprint density at radius 2 is 1.88 bits per heavy atom. The number of halogens is 1. The zero-order chi connectivity index (χ0) is 5.86. The van der Waals surface area contributed by atoms with Crippen LogP contribution in [0.3, 0.4) is 0 Å². The summed E-state index contributed by atoms with van der Waals surface area (Å²) in [5.41, 5.74) is 0. The fourth-order valence-corrected chi connectivity index (χ4v) is 0.107. The maximum absolute atomic E-state index is 9.80. The lowest BCUT2D eigenvalue weighted by Crippen LogP contribution is -2.26. The molecule has 0 atom stereocenters. The first-order chi connectivity index (χ1) is 3.18. The molecule has 0 aromatic rings. The summed E-state index contributed by atoms with van der Waals surface area (Å²) in [4.78, 5) is 19.3. The molecule has 0 heterocycles. The van der Waals surface area contributed by atoms with E-state index in [1.807, 2.05) is 5.32 Å². The third kappa shape index (κ3) is 3.42. The minimum atomic E-state index is -1.46. The van der Waals surface area contributed by atoms with Crippen LogP contribution in [0.25, 0.3) is 0 Å². The van der Waals surface area contributed by atoms with Crippen molar-refractivity contribution in [1.82, 2.24) is 5.32 Å². The molecule has 0 aliphatic heterocycles. The van der Waals surface area contributed by atoms with Crippen molar-refractivity contribution in [2.24, 2.45) is 0 Å².